The van der Waals surface area contributed by atoms with E-state index in [1.165, 1.54) is 20.3 Å². The lowest BCUT2D eigenvalue weighted by molar-refractivity contribution is 0.0596. The molecule has 0 saturated carbocycles. The second kappa shape index (κ2) is 4.37. The van der Waals surface area contributed by atoms with E-state index < -0.39 is 5.97 Å². The third-order valence-corrected chi connectivity index (χ3v) is 2.46. The molecule has 0 N–H and O–H groups in total. The maximum Gasteiger partial charge on any atom is 0.342 e. The highest BCUT2D eigenvalue weighted by atomic mass is 16.7. The lowest BCUT2D eigenvalue weighted by Gasteiger charge is -2.12. The first kappa shape index (κ1) is 11.3. The molecule has 1 aliphatic rings. The Morgan fingerprint density at radius 1 is 1.47 bits per heavy atom. The first-order valence-corrected chi connectivity index (χ1v) is 4.94. The van der Waals surface area contributed by atoms with Crippen molar-refractivity contribution in [1.82, 2.24) is 0 Å². The highest BCUT2D eigenvalue weighted by molar-refractivity contribution is 5.98. The summed E-state index contributed by atoms with van der Waals surface area (Å²) in [4.78, 5) is 11.7. The van der Waals surface area contributed by atoms with Crippen molar-refractivity contribution in [3.05, 3.63) is 23.8 Å². The van der Waals surface area contributed by atoms with Crippen LogP contribution in [0, 0.1) is 0 Å². The van der Waals surface area contributed by atoms with Crippen LogP contribution >= 0.6 is 0 Å². The van der Waals surface area contributed by atoms with Crippen molar-refractivity contribution < 1.29 is 23.7 Å². The molecule has 5 heteroatoms. The summed E-state index contributed by atoms with van der Waals surface area (Å²) in [5, 5.41) is 0. The van der Waals surface area contributed by atoms with E-state index in [0.717, 1.165) is 0 Å². The molecule has 17 heavy (non-hydrogen) atoms. The number of fused-ring (bicyclic) bond motifs is 1. The Morgan fingerprint density at radius 2 is 2.24 bits per heavy atom. The first-order chi connectivity index (χ1) is 8.22. The Bertz CT molecular complexity index is 478. The first-order valence-electron chi connectivity index (χ1n) is 4.94. The topological polar surface area (TPSA) is 54.0 Å². The molecule has 1 aromatic carbocycles. The number of carbonyl (C=O) groups is 1. The molecular formula is C12H12O5. The van der Waals surface area contributed by atoms with Gasteiger partial charge in [-0.15, -0.1) is 0 Å². The van der Waals surface area contributed by atoms with Gasteiger partial charge in [0.15, 0.2) is 11.5 Å². The molecule has 0 aromatic heterocycles. The molecule has 2 rings (SSSR count). The number of methoxy groups -OCH3 is 2. The average molecular weight is 236 g/mol. The van der Waals surface area contributed by atoms with E-state index in [4.69, 9.17) is 18.9 Å². The van der Waals surface area contributed by atoms with Crippen LogP contribution in [0.1, 0.15) is 15.9 Å². The number of hydrogen-bond acceptors (Lipinski definition) is 5. The number of carbonyl (C=O) groups excluding carboxylic acids is 1. The average Bonchev–Trinajstić information content (AvgIpc) is 2.83. The smallest absolute Gasteiger partial charge is 0.342 e. The van der Waals surface area contributed by atoms with Gasteiger partial charge in [0.05, 0.1) is 14.2 Å². The van der Waals surface area contributed by atoms with Gasteiger partial charge in [-0.2, -0.15) is 0 Å². The fraction of sp³-hybridized carbons (Fsp3) is 0.250. The van der Waals surface area contributed by atoms with Crippen molar-refractivity contribution >= 4 is 12.0 Å². The van der Waals surface area contributed by atoms with Crippen molar-refractivity contribution in [1.29, 1.82) is 0 Å². The van der Waals surface area contributed by atoms with Gasteiger partial charge >= 0.3 is 5.97 Å². The van der Waals surface area contributed by atoms with E-state index >= 15 is 0 Å². The summed E-state index contributed by atoms with van der Waals surface area (Å²) >= 11 is 0. The monoisotopic (exact) mass is 236 g/mol. The molecule has 0 amide bonds. The molecule has 0 aliphatic carbocycles. The van der Waals surface area contributed by atoms with Gasteiger partial charge in [0.1, 0.15) is 5.56 Å². The minimum absolute atomic E-state index is 0.104. The van der Waals surface area contributed by atoms with E-state index in [0.29, 0.717) is 22.8 Å². The maximum atomic E-state index is 11.7. The summed E-state index contributed by atoms with van der Waals surface area (Å²) in [6, 6.07) is 1.67. The largest absolute Gasteiger partial charge is 0.492 e. The highest BCUT2D eigenvalue weighted by Gasteiger charge is 2.28. The van der Waals surface area contributed by atoms with Crippen molar-refractivity contribution in [2.24, 2.45) is 0 Å². The Balaban J connectivity index is 2.70. The predicted molar refractivity (Wildman–Crippen MR) is 60.5 cm³/mol. The van der Waals surface area contributed by atoms with Crippen molar-refractivity contribution in [3.8, 4) is 17.2 Å². The standard InChI is InChI=1S/C12H12O5/c1-4-7-5-8-10(17-6-16-8)11(14-2)9(7)12(13)15-3/h4-5H,1,6H2,2-3H3. The van der Waals surface area contributed by atoms with E-state index in [-0.39, 0.29) is 12.4 Å². The molecule has 0 fully saturated rings. The minimum atomic E-state index is -0.505. The zero-order valence-corrected chi connectivity index (χ0v) is 9.61. The van der Waals surface area contributed by atoms with Gasteiger partial charge in [0, 0.05) is 0 Å². The molecular weight excluding hydrogens is 224 g/mol. The third kappa shape index (κ3) is 1.69. The quantitative estimate of drug-likeness (QED) is 0.750. The van der Waals surface area contributed by atoms with Crippen molar-refractivity contribution in [3.63, 3.8) is 0 Å². The molecule has 1 heterocycles. The maximum absolute atomic E-state index is 11.7. The minimum Gasteiger partial charge on any atom is -0.492 e. The molecule has 0 spiro atoms. The van der Waals surface area contributed by atoms with Gasteiger partial charge in [-0.25, -0.2) is 4.79 Å². The summed E-state index contributed by atoms with van der Waals surface area (Å²) in [6.45, 7) is 3.75. The van der Waals surface area contributed by atoms with Gasteiger partial charge in [0.25, 0.3) is 0 Å². The summed E-state index contributed by atoms with van der Waals surface area (Å²) in [7, 11) is 2.76. The molecule has 0 unspecified atom stereocenters. The van der Waals surface area contributed by atoms with Crippen molar-refractivity contribution in [2.75, 3.05) is 21.0 Å². The van der Waals surface area contributed by atoms with Crippen LogP contribution in [0.5, 0.6) is 17.2 Å². The van der Waals surface area contributed by atoms with Crippen LogP contribution in [-0.4, -0.2) is 27.0 Å². The molecule has 0 atom stereocenters. The van der Waals surface area contributed by atoms with E-state index in [9.17, 15) is 4.79 Å². The Morgan fingerprint density at radius 3 is 2.82 bits per heavy atom. The highest BCUT2D eigenvalue weighted by Crippen LogP contribution is 2.45. The molecule has 0 saturated heterocycles. The van der Waals surface area contributed by atoms with Crippen LogP contribution in [0.15, 0.2) is 12.6 Å². The second-order valence-electron chi connectivity index (χ2n) is 3.30. The summed E-state index contributed by atoms with van der Waals surface area (Å²) in [6.07, 6.45) is 1.54. The van der Waals surface area contributed by atoms with E-state index in [2.05, 4.69) is 6.58 Å². The molecule has 1 aromatic rings. The van der Waals surface area contributed by atoms with Crippen LogP contribution < -0.4 is 14.2 Å². The van der Waals surface area contributed by atoms with Crippen LogP contribution in [0.4, 0.5) is 0 Å². The fourth-order valence-electron chi connectivity index (χ4n) is 1.70. The number of ether oxygens (including phenoxy) is 4. The predicted octanol–water partition coefficient (Wildman–Crippen LogP) is 1.85. The van der Waals surface area contributed by atoms with Crippen LogP contribution in [0.25, 0.3) is 6.08 Å². The van der Waals surface area contributed by atoms with E-state index in [1.54, 1.807) is 6.07 Å². The fourth-order valence-corrected chi connectivity index (χ4v) is 1.70. The molecule has 0 radical (unpaired) electrons. The Hall–Kier alpha value is -2.17. The summed E-state index contributed by atoms with van der Waals surface area (Å²) < 4.78 is 20.4. The van der Waals surface area contributed by atoms with Crippen LogP contribution in [0.3, 0.4) is 0 Å². The zero-order chi connectivity index (χ0) is 12.4. The number of esters is 1. The van der Waals surface area contributed by atoms with Gasteiger partial charge in [-0.3, -0.25) is 0 Å². The lowest BCUT2D eigenvalue weighted by atomic mass is 10.0. The van der Waals surface area contributed by atoms with Gasteiger partial charge in [-0.05, 0) is 11.6 Å². The number of benzene rings is 1. The second-order valence-corrected chi connectivity index (χ2v) is 3.30. The van der Waals surface area contributed by atoms with Crippen LogP contribution in [0.2, 0.25) is 0 Å². The SMILES string of the molecule is C=Cc1cc2c(c(OC)c1C(=O)OC)OCO2. The van der Waals surface area contributed by atoms with Crippen LogP contribution in [-0.2, 0) is 4.74 Å². The molecule has 90 valence electrons. The number of hydrogen-bond donors (Lipinski definition) is 0. The molecule has 0 bridgehead atoms. The van der Waals surface area contributed by atoms with E-state index in [1.807, 2.05) is 0 Å². The van der Waals surface area contributed by atoms with Gasteiger partial charge < -0.3 is 18.9 Å². The summed E-state index contributed by atoms with van der Waals surface area (Å²) in [5.74, 6) is 0.750. The Labute approximate surface area is 98.5 Å². The third-order valence-electron chi connectivity index (χ3n) is 2.46. The van der Waals surface area contributed by atoms with Crippen molar-refractivity contribution in [2.45, 2.75) is 0 Å². The Kier molecular flexibility index (Phi) is 2.91. The zero-order valence-electron chi connectivity index (χ0n) is 9.61. The lowest BCUT2D eigenvalue weighted by Crippen LogP contribution is -2.07. The van der Waals surface area contributed by atoms with Gasteiger partial charge in [-0.1, -0.05) is 12.7 Å². The molecule has 1 aliphatic heterocycles. The molecule has 5 nitrogen and oxygen atoms in total. The normalized spacial score (nSPS) is 12.1. The van der Waals surface area contributed by atoms with Gasteiger partial charge in [0.2, 0.25) is 12.5 Å². The summed E-state index contributed by atoms with van der Waals surface area (Å²) in [5.41, 5.74) is 0.868. The number of rotatable bonds is 3.